The first-order valence-corrected chi connectivity index (χ1v) is 1.47. The van der Waals surface area contributed by atoms with Crippen molar-refractivity contribution in [3.05, 3.63) is 24.7 Å². The summed E-state index contributed by atoms with van der Waals surface area (Å²) in [7, 11) is 0. The van der Waals surface area contributed by atoms with Gasteiger partial charge in [0.1, 0.15) is 0 Å². The van der Waals surface area contributed by atoms with Crippen molar-refractivity contribution in [3.63, 3.8) is 0 Å². The molecule has 1 aromatic rings. The van der Waals surface area contributed by atoms with Crippen LogP contribution in [0.2, 0.25) is 0 Å². The van der Waals surface area contributed by atoms with Crippen molar-refractivity contribution in [2.24, 2.45) is 0 Å². The third-order valence-electron chi connectivity index (χ3n) is 0.425. The predicted molar refractivity (Wildman–Crippen MR) is 20.6 cm³/mol. The van der Waals surface area contributed by atoms with Gasteiger partial charge in [-0.2, -0.15) is 0 Å². The van der Waals surface area contributed by atoms with E-state index in [9.17, 15) is 0 Å². The molecule has 0 amide bonds. The van der Waals surface area contributed by atoms with Crippen LogP contribution in [0.25, 0.3) is 0 Å². The average Bonchev–Trinajstić information content (AvgIpc) is 1.76. The largest absolute Gasteiger partial charge is 1.00 e. The minimum absolute atomic E-state index is 0. The molecule has 1 heterocycles. The Hall–Kier alpha value is 0.240. The molecule has 0 saturated heterocycles. The van der Waals surface area contributed by atoms with Crippen LogP contribution in [0, 0.1) is 0 Å². The summed E-state index contributed by atoms with van der Waals surface area (Å²) in [4.78, 5) is 0. The fourth-order valence-electron chi connectivity index (χ4n) is 0.227. The van der Waals surface area contributed by atoms with Gasteiger partial charge in [0.25, 0.3) is 0 Å². The summed E-state index contributed by atoms with van der Waals surface area (Å²) < 4.78 is 4.58. The maximum atomic E-state index is 4.58. The number of furan rings is 1. The Morgan fingerprint density at radius 3 is 1.57 bits per heavy atom. The van der Waals surface area contributed by atoms with Crippen LogP contribution in [0.4, 0.5) is 0 Å². The van der Waals surface area contributed by atoms with E-state index in [-0.39, 0.29) is 35.0 Å². The second-order valence-electron chi connectivity index (χ2n) is 0.793. The molecular formula is C4H5NaO2. The Morgan fingerprint density at radius 1 is 1.00 bits per heavy atom. The fourth-order valence-corrected chi connectivity index (χ4v) is 0.227. The first-order valence-electron chi connectivity index (χ1n) is 1.47. The monoisotopic (exact) mass is 108 g/mol. The molecule has 3 heteroatoms. The molecule has 0 bridgehead atoms. The van der Waals surface area contributed by atoms with E-state index in [1.54, 1.807) is 12.5 Å². The number of rotatable bonds is 0. The Labute approximate surface area is 64.1 Å². The molecule has 1 aromatic heterocycles. The normalized spacial score (nSPS) is 5.71. The van der Waals surface area contributed by atoms with Crippen LogP contribution < -0.4 is 29.6 Å². The SMILES string of the molecule is [Na+].[OH-].c1ccoc1. The topological polar surface area (TPSA) is 43.1 Å². The van der Waals surface area contributed by atoms with Crippen molar-refractivity contribution < 1.29 is 39.5 Å². The average molecular weight is 108 g/mol. The van der Waals surface area contributed by atoms with Crippen LogP contribution in [0.3, 0.4) is 0 Å². The first-order chi connectivity index (χ1) is 2.50. The van der Waals surface area contributed by atoms with Crippen molar-refractivity contribution in [1.29, 1.82) is 0 Å². The fraction of sp³-hybridized carbons (Fsp3) is 0. The molecule has 0 aliphatic rings. The summed E-state index contributed by atoms with van der Waals surface area (Å²) in [5.74, 6) is 0. The molecule has 0 aromatic carbocycles. The minimum atomic E-state index is 0. The smallest absolute Gasteiger partial charge is 0.870 e. The number of hydrogen-bond donors (Lipinski definition) is 0. The van der Waals surface area contributed by atoms with Crippen LogP contribution in [-0.4, -0.2) is 5.48 Å². The van der Waals surface area contributed by atoms with Crippen molar-refractivity contribution in [2.75, 3.05) is 0 Å². The Balaban J connectivity index is 0. The van der Waals surface area contributed by atoms with E-state index in [0.717, 1.165) is 0 Å². The summed E-state index contributed by atoms with van der Waals surface area (Å²) in [6.45, 7) is 0. The zero-order valence-electron chi connectivity index (χ0n) is 4.16. The van der Waals surface area contributed by atoms with Gasteiger partial charge in [0.2, 0.25) is 0 Å². The molecule has 0 aliphatic heterocycles. The van der Waals surface area contributed by atoms with Crippen LogP contribution in [0.1, 0.15) is 0 Å². The van der Waals surface area contributed by atoms with Crippen LogP contribution in [0.5, 0.6) is 0 Å². The third-order valence-corrected chi connectivity index (χ3v) is 0.425. The summed E-state index contributed by atoms with van der Waals surface area (Å²) in [5, 5.41) is 0. The summed E-state index contributed by atoms with van der Waals surface area (Å²) in [6, 6.07) is 3.67. The van der Waals surface area contributed by atoms with Gasteiger partial charge in [-0.15, -0.1) is 0 Å². The van der Waals surface area contributed by atoms with E-state index in [0.29, 0.717) is 0 Å². The van der Waals surface area contributed by atoms with Gasteiger partial charge in [-0.3, -0.25) is 0 Å². The first kappa shape index (κ1) is 10.3. The molecule has 1 rings (SSSR count). The van der Waals surface area contributed by atoms with Gasteiger partial charge in [-0.05, 0) is 12.1 Å². The van der Waals surface area contributed by atoms with E-state index < -0.39 is 0 Å². The zero-order chi connectivity index (χ0) is 3.54. The van der Waals surface area contributed by atoms with Gasteiger partial charge in [-0.1, -0.05) is 0 Å². The van der Waals surface area contributed by atoms with Crippen molar-refractivity contribution in [3.8, 4) is 0 Å². The van der Waals surface area contributed by atoms with Gasteiger partial charge >= 0.3 is 29.6 Å². The summed E-state index contributed by atoms with van der Waals surface area (Å²) in [6.07, 6.45) is 3.25. The minimum Gasteiger partial charge on any atom is -0.870 e. The molecule has 0 spiro atoms. The van der Waals surface area contributed by atoms with E-state index in [2.05, 4.69) is 4.42 Å². The molecule has 0 unspecified atom stereocenters. The summed E-state index contributed by atoms with van der Waals surface area (Å²) >= 11 is 0. The van der Waals surface area contributed by atoms with Gasteiger partial charge in [-0.25, -0.2) is 0 Å². The molecule has 2 nitrogen and oxygen atoms in total. The quantitative estimate of drug-likeness (QED) is 0.364. The van der Waals surface area contributed by atoms with E-state index in [1.165, 1.54) is 0 Å². The zero-order valence-corrected chi connectivity index (χ0v) is 6.16. The van der Waals surface area contributed by atoms with Crippen LogP contribution >= 0.6 is 0 Å². The van der Waals surface area contributed by atoms with E-state index >= 15 is 0 Å². The second kappa shape index (κ2) is 6.24. The molecule has 0 saturated carbocycles. The molecular weight excluding hydrogens is 103 g/mol. The molecule has 0 atom stereocenters. The van der Waals surface area contributed by atoms with E-state index in [4.69, 9.17) is 0 Å². The Bertz CT molecular complexity index is 66.2. The summed E-state index contributed by atoms with van der Waals surface area (Å²) in [5.41, 5.74) is 0. The van der Waals surface area contributed by atoms with Gasteiger partial charge in [0.15, 0.2) is 0 Å². The van der Waals surface area contributed by atoms with Gasteiger partial charge in [0, 0.05) is 0 Å². The Morgan fingerprint density at radius 2 is 1.43 bits per heavy atom. The molecule has 0 radical (unpaired) electrons. The third kappa shape index (κ3) is 4.09. The van der Waals surface area contributed by atoms with E-state index in [1.807, 2.05) is 12.1 Å². The van der Waals surface area contributed by atoms with Gasteiger partial charge < -0.3 is 9.89 Å². The maximum Gasteiger partial charge on any atom is 1.00 e. The molecule has 34 valence electrons. The molecule has 0 aliphatic carbocycles. The van der Waals surface area contributed by atoms with Crippen molar-refractivity contribution in [2.45, 2.75) is 0 Å². The maximum absolute atomic E-state index is 4.58. The van der Waals surface area contributed by atoms with Gasteiger partial charge in [0.05, 0.1) is 12.5 Å². The second-order valence-corrected chi connectivity index (χ2v) is 0.793. The predicted octanol–water partition coefficient (Wildman–Crippen LogP) is -1.89. The number of hydrogen-bond acceptors (Lipinski definition) is 2. The van der Waals surface area contributed by atoms with Crippen molar-refractivity contribution >= 4 is 0 Å². The standard InChI is InChI=1S/C4H4O.Na.H2O/c1-2-4-5-3-1;;/h1-4H;;1H2/q;+1;/p-1. The van der Waals surface area contributed by atoms with Crippen molar-refractivity contribution in [1.82, 2.24) is 0 Å². The molecule has 7 heavy (non-hydrogen) atoms. The molecule has 1 N–H and O–H groups in total. The molecule has 0 fully saturated rings. The Kier molecular flexibility index (Phi) is 9.15. The van der Waals surface area contributed by atoms with Crippen LogP contribution in [0.15, 0.2) is 29.1 Å². The van der Waals surface area contributed by atoms with Crippen LogP contribution in [-0.2, 0) is 0 Å².